The number of rotatable bonds is 7. The highest BCUT2D eigenvalue weighted by molar-refractivity contribution is 14.0. The van der Waals surface area contributed by atoms with Gasteiger partial charge in [0.15, 0.2) is 5.96 Å². The molecular weight excluding hydrogens is 403 g/mol. The Morgan fingerprint density at radius 2 is 1.87 bits per heavy atom. The zero-order chi connectivity index (χ0) is 16.5. The zero-order valence-electron chi connectivity index (χ0n) is 15.8. The third-order valence-electron chi connectivity index (χ3n) is 4.56. The maximum atomic E-state index is 5.16. The molecule has 138 valence electrons. The second kappa shape index (κ2) is 12.3. The number of nitrogens with one attached hydrogen (secondary N) is 2. The molecule has 0 saturated carbocycles. The summed E-state index contributed by atoms with van der Waals surface area (Å²) in [6.07, 6.45) is 2.64. The van der Waals surface area contributed by atoms with Gasteiger partial charge in [-0.1, -0.05) is 20.8 Å². The number of methoxy groups -OCH3 is 1. The summed E-state index contributed by atoms with van der Waals surface area (Å²) in [5.41, 5.74) is 0. The van der Waals surface area contributed by atoms with Crippen LogP contribution >= 0.6 is 24.0 Å². The molecule has 0 aromatic rings. The van der Waals surface area contributed by atoms with Crippen molar-refractivity contribution in [2.45, 2.75) is 52.6 Å². The highest BCUT2D eigenvalue weighted by atomic mass is 127. The predicted octanol–water partition coefficient (Wildman–Crippen LogP) is 2.56. The molecule has 0 radical (unpaired) electrons. The van der Waals surface area contributed by atoms with Crippen molar-refractivity contribution in [1.82, 2.24) is 15.5 Å². The fourth-order valence-corrected chi connectivity index (χ4v) is 3.07. The first-order valence-electron chi connectivity index (χ1n) is 8.68. The average Bonchev–Trinajstić information content (AvgIpc) is 2.48. The number of aliphatic imine (C=N–C) groups is 1. The first kappa shape index (κ1) is 22.9. The zero-order valence-corrected chi connectivity index (χ0v) is 18.1. The molecule has 1 aliphatic rings. The molecule has 0 bridgehead atoms. The Labute approximate surface area is 160 Å². The molecular formula is C17H37IN4O. The molecule has 0 aromatic carbocycles. The molecule has 0 aromatic heterocycles. The Morgan fingerprint density at radius 3 is 2.35 bits per heavy atom. The van der Waals surface area contributed by atoms with Gasteiger partial charge in [0.25, 0.3) is 0 Å². The Hall–Kier alpha value is -0.0800. The SMILES string of the molecule is CN=C(NCC(C(C)C)N1CCC(C)CC1)NC(C)COC.I. The molecule has 1 rings (SSSR count). The molecule has 1 heterocycles. The number of hydrogen-bond acceptors (Lipinski definition) is 3. The second-order valence-corrected chi connectivity index (χ2v) is 6.98. The predicted molar refractivity (Wildman–Crippen MR) is 110 cm³/mol. The van der Waals surface area contributed by atoms with Crippen LogP contribution in [0.2, 0.25) is 0 Å². The standard InChI is InChI=1S/C17H36N4O.HI/c1-13(2)16(21-9-7-14(3)8-10-21)11-19-17(18-5)20-15(4)12-22-6;/h13-16H,7-12H2,1-6H3,(H2,18,19,20);1H. The van der Waals surface area contributed by atoms with Crippen LogP contribution in [0.3, 0.4) is 0 Å². The average molecular weight is 440 g/mol. The van der Waals surface area contributed by atoms with Gasteiger partial charge in [0.2, 0.25) is 0 Å². The number of guanidine groups is 1. The van der Waals surface area contributed by atoms with E-state index < -0.39 is 0 Å². The van der Waals surface area contributed by atoms with Crippen LogP contribution in [0, 0.1) is 11.8 Å². The van der Waals surface area contributed by atoms with Gasteiger partial charge in [-0.15, -0.1) is 24.0 Å². The molecule has 1 fully saturated rings. The minimum Gasteiger partial charge on any atom is -0.383 e. The lowest BCUT2D eigenvalue weighted by Crippen LogP contribution is -2.52. The van der Waals surface area contributed by atoms with E-state index >= 15 is 0 Å². The Bertz CT molecular complexity index is 331. The van der Waals surface area contributed by atoms with Crippen LogP contribution in [0.5, 0.6) is 0 Å². The fraction of sp³-hybridized carbons (Fsp3) is 0.941. The van der Waals surface area contributed by atoms with Crippen molar-refractivity contribution in [3.05, 3.63) is 0 Å². The molecule has 2 unspecified atom stereocenters. The van der Waals surface area contributed by atoms with Crippen molar-refractivity contribution in [2.75, 3.05) is 40.4 Å². The fourth-order valence-electron chi connectivity index (χ4n) is 3.07. The summed E-state index contributed by atoms with van der Waals surface area (Å²) < 4.78 is 5.16. The van der Waals surface area contributed by atoms with Gasteiger partial charge >= 0.3 is 0 Å². The second-order valence-electron chi connectivity index (χ2n) is 6.98. The van der Waals surface area contributed by atoms with Crippen LogP contribution in [0.15, 0.2) is 4.99 Å². The molecule has 23 heavy (non-hydrogen) atoms. The highest BCUT2D eigenvalue weighted by Crippen LogP contribution is 2.20. The molecule has 5 nitrogen and oxygen atoms in total. The summed E-state index contributed by atoms with van der Waals surface area (Å²) in [7, 11) is 3.54. The van der Waals surface area contributed by atoms with Crippen LogP contribution in [0.4, 0.5) is 0 Å². The molecule has 2 N–H and O–H groups in total. The summed E-state index contributed by atoms with van der Waals surface area (Å²) >= 11 is 0. The Balaban J connectivity index is 0.00000484. The molecule has 2 atom stereocenters. The van der Waals surface area contributed by atoms with Crippen molar-refractivity contribution in [3.8, 4) is 0 Å². The van der Waals surface area contributed by atoms with E-state index in [0.717, 1.165) is 18.4 Å². The topological polar surface area (TPSA) is 48.9 Å². The van der Waals surface area contributed by atoms with Gasteiger partial charge in [0, 0.05) is 32.8 Å². The van der Waals surface area contributed by atoms with Crippen LogP contribution in [0.1, 0.15) is 40.5 Å². The monoisotopic (exact) mass is 440 g/mol. The van der Waals surface area contributed by atoms with E-state index in [1.807, 2.05) is 7.05 Å². The molecule has 1 aliphatic heterocycles. The van der Waals surface area contributed by atoms with Gasteiger partial charge in [-0.2, -0.15) is 0 Å². The minimum absolute atomic E-state index is 0. The summed E-state index contributed by atoms with van der Waals surface area (Å²) in [4.78, 5) is 6.96. The lowest BCUT2D eigenvalue weighted by atomic mass is 9.94. The van der Waals surface area contributed by atoms with Gasteiger partial charge in [-0.05, 0) is 44.7 Å². The molecule has 0 aliphatic carbocycles. The van der Waals surface area contributed by atoms with Crippen molar-refractivity contribution in [2.24, 2.45) is 16.8 Å². The van der Waals surface area contributed by atoms with E-state index in [-0.39, 0.29) is 30.0 Å². The molecule has 6 heteroatoms. The maximum Gasteiger partial charge on any atom is 0.191 e. The first-order valence-corrected chi connectivity index (χ1v) is 8.68. The summed E-state index contributed by atoms with van der Waals surface area (Å²) in [5.74, 6) is 2.37. The van der Waals surface area contributed by atoms with E-state index in [1.165, 1.54) is 25.9 Å². The van der Waals surface area contributed by atoms with Gasteiger partial charge < -0.3 is 15.4 Å². The smallest absolute Gasteiger partial charge is 0.191 e. The van der Waals surface area contributed by atoms with E-state index in [9.17, 15) is 0 Å². The third kappa shape index (κ3) is 8.54. The van der Waals surface area contributed by atoms with E-state index in [2.05, 4.69) is 48.2 Å². The molecule has 0 amide bonds. The normalized spacial score (nSPS) is 20.0. The highest BCUT2D eigenvalue weighted by Gasteiger charge is 2.25. The lowest BCUT2D eigenvalue weighted by molar-refractivity contribution is 0.110. The summed E-state index contributed by atoms with van der Waals surface area (Å²) in [6, 6.07) is 0.813. The van der Waals surface area contributed by atoms with Crippen molar-refractivity contribution < 1.29 is 4.74 Å². The molecule has 1 saturated heterocycles. The van der Waals surface area contributed by atoms with Gasteiger partial charge in [0.05, 0.1) is 6.61 Å². The van der Waals surface area contributed by atoms with Crippen LogP contribution in [-0.2, 0) is 4.74 Å². The van der Waals surface area contributed by atoms with Crippen molar-refractivity contribution in [3.63, 3.8) is 0 Å². The maximum absolute atomic E-state index is 5.16. The van der Waals surface area contributed by atoms with Crippen LogP contribution in [-0.4, -0.2) is 63.3 Å². The van der Waals surface area contributed by atoms with E-state index in [1.54, 1.807) is 7.11 Å². The summed E-state index contributed by atoms with van der Waals surface area (Å²) in [5, 5.41) is 6.86. The van der Waals surface area contributed by atoms with Crippen LogP contribution in [0.25, 0.3) is 0 Å². The first-order chi connectivity index (χ1) is 10.5. The summed E-state index contributed by atoms with van der Waals surface area (Å²) in [6.45, 7) is 13.1. The number of ether oxygens (including phenoxy) is 1. The number of halogens is 1. The van der Waals surface area contributed by atoms with Crippen molar-refractivity contribution in [1.29, 1.82) is 0 Å². The quantitative estimate of drug-likeness (QED) is 0.363. The van der Waals surface area contributed by atoms with Gasteiger partial charge in [-0.25, -0.2) is 0 Å². The molecule has 0 spiro atoms. The van der Waals surface area contributed by atoms with Crippen molar-refractivity contribution >= 4 is 29.9 Å². The van der Waals surface area contributed by atoms with Gasteiger partial charge in [0.1, 0.15) is 0 Å². The minimum atomic E-state index is 0. The Kier molecular flexibility index (Phi) is 12.3. The number of piperidine rings is 1. The van der Waals surface area contributed by atoms with E-state index in [4.69, 9.17) is 4.74 Å². The largest absolute Gasteiger partial charge is 0.383 e. The lowest BCUT2D eigenvalue weighted by Gasteiger charge is -2.39. The number of nitrogens with zero attached hydrogens (tertiary/aromatic N) is 2. The van der Waals surface area contributed by atoms with Crippen LogP contribution < -0.4 is 10.6 Å². The van der Waals surface area contributed by atoms with E-state index in [0.29, 0.717) is 18.6 Å². The third-order valence-corrected chi connectivity index (χ3v) is 4.56. The Morgan fingerprint density at radius 1 is 1.26 bits per heavy atom. The number of likely N-dealkylation sites (tertiary alicyclic amines) is 1. The number of hydrogen-bond donors (Lipinski definition) is 2. The van der Waals surface area contributed by atoms with Gasteiger partial charge in [-0.3, -0.25) is 9.89 Å².